The van der Waals surface area contributed by atoms with Gasteiger partial charge in [0.1, 0.15) is 5.75 Å². The monoisotopic (exact) mass is 594 g/mol. The summed E-state index contributed by atoms with van der Waals surface area (Å²) in [5.74, 6) is 0.239. The van der Waals surface area contributed by atoms with E-state index in [0.29, 0.717) is 0 Å². The van der Waals surface area contributed by atoms with Crippen molar-refractivity contribution < 1.29 is 5.11 Å². The van der Waals surface area contributed by atoms with Gasteiger partial charge in [0, 0.05) is 40.0 Å². The fraction of sp³-hybridized carbons (Fsp3) is 0.0233. The van der Waals surface area contributed by atoms with Gasteiger partial charge in [0.15, 0.2) is 0 Å². The van der Waals surface area contributed by atoms with Gasteiger partial charge in [0.05, 0.1) is 0 Å². The normalized spacial score (nSPS) is 10.9. The maximum atomic E-state index is 10.1. The van der Waals surface area contributed by atoms with Crippen molar-refractivity contribution >= 4 is 34.1 Å². The first kappa shape index (κ1) is 28.7. The van der Waals surface area contributed by atoms with Crippen LogP contribution in [-0.2, 0) is 0 Å². The minimum Gasteiger partial charge on any atom is -0.508 e. The van der Waals surface area contributed by atoms with Gasteiger partial charge < -0.3 is 14.9 Å². The van der Waals surface area contributed by atoms with Crippen LogP contribution in [0.2, 0.25) is 0 Å². The Morgan fingerprint density at radius 1 is 0.283 bits per heavy atom. The standard InChI is InChI=1S/C43H34N2O/c46-42-31-25-35(26-32-42)43(33-21-27-40(28-22-33)44(36-13-5-1-6-14-36)37-15-7-2-8-16-37)34-23-29-41(30-24-34)45(38-17-9-3-10-18-38)39-19-11-4-12-20-39/h1-32,43,46H. The molecule has 0 aliphatic heterocycles. The summed E-state index contributed by atoms with van der Waals surface area (Å²) in [6.45, 7) is 0. The van der Waals surface area contributed by atoms with Gasteiger partial charge in [-0.25, -0.2) is 0 Å². The third-order valence-electron chi connectivity index (χ3n) is 8.25. The Labute approximate surface area is 270 Å². The van der Waals surface area contributed by atoms with Crippen molar-refractivity contribution in [3.8, 4) is 5.75 Å². The zero-order valence-corrected chi connectivity index (χ0v) is 25.4. The van der Waals surface area contributed by atoms with Gasteiger partial charge in [-0.2, -0.15) is 0 Å². The Morgan fingerprint density at radius 2 is 0.522 bits per heavy atom. The molecule has 0 heterocycles. The Balaban J connectivity index is 1.27. The Kier molecular flexibility index (Phi) is 8.29. The summed E-state index contributed by atoms with van der Waals surface area (Å²) in [6.07, 6.45) is 0. The molecule has 0 unspecified atom stereocenters. The highest BCUT2D eigenvalue weighted by atomic mass is 16.3. The van der Waals surface area contributed by atoms with Crippen molar-refractivity contribution in [1.82, 2.24) is 0 Å². The van der Waals surface area contributed by atoms with E-state index in [0.717, 1.165) is 39.7 Å². The van der Waals surface area contributed by atoms with Crippen molar-refractivity contribution in [3.63, 3.8) is 0 Å². The summed E-state index contributed by atoms with van der Waals surface area (Å²) < 4.78 is 0. The molecule has 3 nitrogen and oxygen atoms in total. The van der Waals surface area contributed by atoms with Gasteiger partial charge in [0.25, 0.3) is 0 Å². The molecular weight excluding hydrogens is 560 g/mol. The first-order chi connectivity index (χ1) is 22.7. The molecule has 0 amide bonds. The largest absolute Gasteiger partial charge is 0.508 e. The molecular formula is C43H34N2O. The predicted molar refractivity (Wildman–Crippen MR) is 191 cm³/mol. The van der Waals surface area contributed by atoms with E-state index in [2.05, 4.69) is 155 Å². The van der Waals surface area contributed by atoms with Crippen molar-refractivity contribution in [3.05, 3.63) is 211 Å². The molecule has 0 radical (unpaired) electrons. The van der Waals surface area contributed by atoms with Crippen LogP contribution in [0, 0.1) is 0 Å². The van der Waals surface area contributed by atoms with E-state index in [1.54, 1.807) is 12.1 Å². The molecule has 0 fully saturated rings. The molecule has 0 aliphatic rings. The SMILES string of the molecule is Oc1ccc(C(c2ccc(N(c3ccccc3)c3ccccc3)cc2)c2ccc(N(c3ccccc3)c3ccccc3)cc2)cc1. The molecule has 0 spiro atoms. The number of hydrogen-bond donors (Lipinski definition) is 1. The molecule has 1 N–H and O–H groups in total. The molecule has 7 aromatic rings. The van der Waals surface area contributed by atoms with Crippen LogP contribution in [0.25, 0.3) is 0 Å². The van der Waals surface area contributed by atoms with Gasteiger partial charge in [0.2, 0.25) is 0 Å². The second kappa shape index (κ2) is 13.3. The summed E-state index contributed by atoms with van der Waals surface area (Å²) >= 11 is 0. The number of rotatable bonds is 9. The number of benzene rings is 7. The number of anilines is 6. The van der Waals surface area contributed by atoms with Crippen LogP contribution < -0.4 is 9.80 Å². The zero-order chi connectivity index (χ0) is 31.1. The molecule has 222 valence electrons. The summed E-state index contributed by atoms with van der Waals surface area (Å²) in [6, 6.07) is 67.1. The van der Waals surface area contributed by atoms with Crippen LogP contribution in [0.15, 0.2) is 194 Å². The number of phenolic OH excluding ortho intramolecular Hbond substituents is 1. The molecule has 46 heavy (non-hydrogen) atoms. The maximum absolute atomic E-state index is 10.1. The van der Waals surface area contributed by atoms with Gasteiger partial charge in [-0.3, -0.25) is 0 Å². The minimum atomic E-state index is -0.0208. The lowest BCUT2D eigenvalue weighted by atomic mass is 9.85. The van der Waals surface area contributed by atoms with E-state index in [9.17, 15) is 5.11 Å². The third kappa shape index (κ3) is 6.12. The lowest BCUT2D eigenvalue weighted by molar-refractivity contribution is 0.475. The highest BCUT2D eigenvalue weighted by Crippen LogP contribution is 2.40. The van der Waals surface area contributed by atoms with Crippen LogP contribution >= 0.6 is 0 Å². The smallest absolute Gasteiger partial charge is 0.115 e. The van der Waals surface area contributed by atoms with Crippen LogP contribution in [0.5, 0.6) is 5.75 Å². The fourth-order valence-corrected chi connectivity index (χ4v) is 6.08. The van der Waals surface area contributed by atoms with Gasteiger partial charge in [-0.15, -0.1) is 0 Å². The van der Waals surface area contributed by atoms with E-state index in [1.165, 1.54) is 11.1 Å². The highest BCUT2D eigenvalue weighted by molar-refractivity contribution is 5.78. The Morgan fingerprint density at radius 3 is 0.804 bits per heavy atom. The molecule has 7 rings (SSSR count). The van der Waals surface area contributed by atoms with Crippen LogP contribution in [-0.4, -0.2) is 5.11 Å². The van der Waals surface area contributed by atoms with E-state index >= 15 is 0 Å². The summed E-state index contributed by atoms with van der Waals surface area (Å²) in [5.41, 5.74) is 10.1. The van der Waals surface area contributed by atoms with Crippen molar-refractivity contribution in [2.45, 2.75) is 5.92 Å². The quantitative estimate of drug-likeness (QED) is 0.168. The molecule has 7 aromatic carbocycles. The van der Waals surface area contributed by atoms with E-state index in [4.69, 9.17) is 0 Å². The fourth-order valence-electron chi connectivity index (χ4n) is 6.08. The summed E-state index contributed by atoms with van der Waals surface area (Å²) in [4.78, 5) is 4.55. The number of para-hydroxylation sites is 4. The number of nitrogens with zero attached hydrogens (tertiary/aromatic N) is 2. The lowest BCUT2D eigenvalue weighted by Gasteiger charge is -2.27. The highest BCUT2D eigenvalue weighted by Gasteiger charge is 2.20. The van der Waals surface area contributed by atoms with E-state index in [1.807, 2.05) is 36.4 Å². The van der Waals surface area contributed by atoms with Crippen LogP contribution in [0.3, 0.4) is 0 Å². The molecule has 0 atom stereocenters. The van der Waals surface area contributed by atoms with E-state index < -0.39 is 0 Å². The third-order valence-corrected chi connectivity index (χ3v) is 8.25. The molecule has 0 saturated heterocycles. The average molecular weight is 595 g/mol. The minimum absolute atomic E-state index is 0.0208. The first-order valence-corrected chi connectivity index (χ1v) is 15.5. The zero-order valence-electron chi connectivity index (χ0n) is 25.4. The second-order valence-corrected chi connectivity index (χ2v) is 11.2. The number of phenols is 1. The van der Waals surface area contributed by atoms with Gasteiger partial charge >= 0.3 is 0 Å². The maximum Gasteiger partial charge on any atom is 0.115 e. The second-order valence-electron chi connectivity index (χ2n) is 11.2. The number of aromatic hydroxyl groups is 1. The van der Waals surface area contributed by atoms with Crippen molar-refractivity contribution in [2.24, 2.45) is 0 Å². The van der Waals surface area contributed by atoms with E-state index in [-0.39, 0.29) is 11.7 Å². The van der Waals surface area contributed by atoms with Gasteiger partial charge in [-0.1, -0.05) is 109 Å². The lowest BCUT2D eigenvalue weighted by Crippen LogP contribution is -2.11. The Bertz CT molecular complexity index is 1750. The van der Waals surface area contributed by atoms with Crippen molar-refractivity contribution in [2.75, 3.05) is 9.80 Å². The summed E-state index contributed by atoms with van der Waals surface area (Å²) in [7, 11) is 0. The molecule has 0 aliphatic carbocycles. The molecule has 3 heteroatoms. The van der Waals surface area contributed by atoms with Crippen LogP contribution in [0.4, 0.5) is 34.1 Å². The first-order valence-electron chi connectivity index (χ1n) is 15.5. The molecule has 0 saturated carbocycles. The Hall–Kier alpha value is -6.06. The number of hydrogen-bond acceptors (Lipinski definition) is 3. The summed E-state index contributed by atoms with van der Waals surface area (Å²) in [5, 5.41) is 10.1. The van der Waals surface area contributed by atoms with Crippen LogP contribution in [0.1, 0.15) is 22.6 Å². The van der Waals surface area contributed by atoms with Crippen molar-refractivity contribution in [1.29, 1.82) is 0 Å². The topological polar surface area (TPSA) is 26.7 Å². The molecule has 0 bridgehead atoms. The van der Waals surface area contributed by atoms with Gasteiger partial charge in [-0.05, 0) is 102 Å². The molecule has 0 aromatic heterocycles. The predicted octanol–water partition coefficient (Wildman–Crippen LogP) is 11.5. The average Bonchev–Trinajstić information content (AvgIpc) is 3.13.